The first kappa shape index (κ1) is 15.8. The number of anilines is 1. The summed E-state index contributed by atoms with van der Waals surface area (Å²) in [6.45, 7) is 4.79. The number of rotatable bonds is 6. The molecule has 114 valence electrons. The number of aromatic nitrogens is 1. The number of nitrogens with one attached hydrogen (secondary N) is 2. The highest BCUT2D eigenvalue weighted by atomic mass is 35.5. The van der Waals surface area contributed by atoms with Crippen LogP contribution in [0.2, 0.25) is 5.02 Å². The van der Waals surface area contributed by atoms with E-state index in [-0.39, 0.29) is 15.7 Å². The van der Waals surface area contributed by atoms with Gasteiger partial charge in [-0.3, -0.25) is 4.72 Å². The van der Waals surface area contributed by atoms with E-state index < -0.39 is 10.0 Å². The molecule has 0 atom stereocenters. The van der Waals surface area contributed by atoms with E-state index >= 15 is 0 Å². The Bertz CT molecular complexity index is 728. The van der Waals surface area contributed by atoms with E-state index in [0.717, 1.165) is 6.54 Å². The molecule has 0 unspecified atom stereocenters. The molecule has 8 heteroatoms. The van der Waals surface area contributed by atoms with Crippen molar-refractivity contribution in [1.82, 2.24) is 10.3 Å². The lowest BCUT2D eigenvalue weighted by Crippen LogP contribution is -2.14. The maximum atomic E-state index is 12.4. The summed E-state index contributed by atoms with van der Waals surface area (Å²) in [6.07, 6.45) is 1.46. The van der Waals surface area contributed by atoms with Crippen LogP contribution in [-0.2, 0) is 16.6 Å². The fourth-order valence-corrected chi connectivity index (χ4v) is 3.23. The number of hydrogen-bond donors (Lipinski definition) is 2. The van der Waals surface area contributed by atoms with E-state index in [0.29, 0.717) is 18.1 Å². The molecular formula is C13H16ClN3O3S. The first-order valence-corrected chi connectivity index (χ1v) is 8.23. The van der Waals surface area contributed by atoms with Crippen LogP contribution in [-0.4, -0.2) is 19.9 Å². The van der Waals surface area contributed by atoms with Gasteiger partial charge in [0.15, 0.2) is 5.82 Å². The first-order valence-electron chi connectivity index (χ1n) is 6.37. The smallest absolute Gasteiger partial charge is 0.266 e. The summed E-state index contributed by atoms with van der Waals surface area (Å²) in [6, 6.07) is 4.68. The third kappa shape index (κ3) is 3.75. The van der Waals surface area contributed by atoms with Gasteiger partial charge in [-0.25, -0.2) is 13.4 Å². The van der Waals surface area contributed by atoms with Crippen molar-refractivity contribution in [2.75, 3.05) is 11.3 Å². The number of furan rings is 1. The minimum absolute atomic E-state index is 0.0807. The summed E-state index contributed by atoms with van der Waals surface area (Å²) >= 11 is 5.91. The number of aryl methyl sites for hydroxylation is 1. The average molecular weight is 330 g/mol. The number of sulfonamides is 1. The molecule has 2 aromatic rings. The zero-order valence-electron chi connectivity index (χ0n) is 11.7. The fraction of sp³-hybridized carbons (Fsp3) is 0.308. The first-order chi connectivity index (χ1) is 9.94. The van der Waals surface area contributed by atoms with Gasteiger partial charge in [0.2, 0.25) is 0 Å². The van der Waals surface area contributed by atoms with Gasteiger partial charge in [0.1, 0.15) is 16.4 Å². The average Bonchev–Trinajstić information content (AvgIpc) is 2.81. The molecule has 0 aliphatic heterocycles. The van der Waals surface area contributed by atoms with Gasteiger partial charge in [0.05, 0.1) is 11.6 Å². The normalized spacial score (nSPS) is 11.6. The zero-order valence-corrected chi connectivity index (χ0v) is 13.3. The van der Waals surface area contributed by atoms with Crippen LogP contribution in [0.3, 0.4) is 0 Å². The third-order valence-electron chi connectivity index (χ3n) is 2.75. The molecule has 6 nitrogen and oxygen atoms in total. The van der Waals surface area contributed by atoms with E-state index in [9.17, 15) is 8.42 Å². The third-order valence-corrected chi connectivity index (χ3v) is 4.50. The Morgan fingerprint density at radius 3 is 2.86 bits per heavy atom. The van der Waals surface area contributed by atoms with E-state index in [1.54, 1.807) is 19.1 Å². The minimum Gasteiger partial charge on any atom is -0.464 e. The highest BCUT2D eigenvalue weighted by Gasteiger charge is 2.22. The number of pyridine rings is 1. The lowest BCUT2D eigenvalue weighted by atomic mass is 10.4. The van der Waals surface area contributed by atoms with Crippen molar-refractivity contribution in [2.45, 2.75) is 25.3 Å². The highest BCUT2D eigenvalue weighted by Crippen LogP contribution is 2.25. The number of hydrogen-bond acceptors (Lipinski definition) is 5. The summed E-state index contributed by atoms with van der Waals surface area (Å²) in [5, 5.41) is 3.30. The van der Waals surface area contributed by atoms with Crippen LogP contribution in [0.4, 0.5) is 5.82 Å². The van der Waals surface area contributed by atoms with Crippen LogP contribution in [0.1, 0.15) is 18.4 Å². The predicted octanol–water partition coefficient (Wildman–Crippen LogP) is 2.55. The maximum Gasteiger partial charge on any atom is 0.266 e. The SMILES string of the molecule is CCNCc1cc(S(=O)(=O)Nc2ncccc2Cl)c(C)o1. The van der Waals surface area contributed by atoms with Crippen molar-refractivity contribution in [3.05, 3.63) is 40.9 Å². The lowest BCUT2D eigenvalue weighted by molar-refractivity contribution is 0.460. The van der Waals surface area contributed by atoms with Crippen molar-refractivity contribution in [2.24, 2.45) is 0 Å². The highest BCUT2D eigenvalue weighted by molar-refractivity contribution is 7.92. The Kier molecular flexibility index (Phi) is 4.87. The summed E-state index contributed by atoms with van der Waals surface area (Å²) in [7, 11) is -3.79. The summed E-state index contributed by atoms with van der Waals surface area (Å²) in [5.41, 5.74) is 0. The van der Waals surface area contributed by atoms with Crippen LogP contribution >= 0.6 is 11.6 Å². The fourth-order valence-electron chi connectivity index (χ4n) is 1.77. The number of halogens is 1. The summed E-state index contributed by atoms with van der Waals surface area (Å²) in [4.78, 5) is 3.99. The van der Waals surface area contributed by atoms with Crippen molar-refractivity contribution in [3.63, 3.8) is 0 Å². The second kappa shape index (κ2) is 6.46. The Morgan fingerprint density at radius 1 is 1.43 bits per heavy atom. The Labute approximate surface area is 128 Å². The van der Waals surface area contributed by atoms with Crippen molar-refractivity contribution in [1.29, 1.82) is 0 Å². The molecule has 0 radical (unpaired) electrons. The van der Waals surface area contributed by atoms with Gasteiger partial charge < -0.3 is 9.73 Å². The van der Waals surface area contributed by atoms with Gasteiger partial charge in [0, 0.05) is 12.3 Å². The standard InChI is InChI=1S/C13H16ClN3O3S/c1-3-15-8-10-7-12(9(2)20-10)21(18,19)17-13-11(14)5-4-6-16-13/h4-7,15H,3,8H2,1-2H3,(H,16,17). The Hall–Kier alpha value is -1.57. The van der Waals surface area contributed by atoms with E-state index in [2.05, 4.69) is 15.0 Å². The lowest BCUT2D eigenvalue weighted by Gasteiger charge is -2.07. The van der Waals surface area contributed by atoms with Gasteiger partial charge >= 0.3 is 0 Å². The van der Waals surface area contributed by atoms with Crippen LogP contribution in [0.5, 0.6) is 0 Å². The second-order valence-corrected chi connectivity index (χ2v) is 6.41. The summed E-state index contributed by atoms with van der Waals surface area (Å²) in [5.74, 6) is 0.970. The van der Waals surface area contributed by atoms with Crippen LogP contribution in [0.15, 0.2) is 33.7 Å². The molecule has 2 aromatic heterocycles. The van der Waals surface area contributed by atoms with Gasteiger partial charge in [-0.05, 0) is 25.6 Å². The van der Waals surface area contributed by atoms with Crippen LogP contribution in [0.25, 0.3) is 0 Å². The topological polar surface area (TPSA) is 84.2 Å². The van der Waals surface area contributed by atoms with Crippen LogP contribution < -0.4 is 10.0 Å². The minimum atomic E-state index is -3.79. The Morgan fingerprint density at radius 2 is 2.19 bits per heavy atom. The van der Waals surface area contributed by atoms with Crippen molar-refractivity contribution >= 4 is 27.4 Å². The summed E-state index contributed by atoms with van der Waals surface area (Å²) < 4.78 is 32.5. The van der Waals surface area contributed by atoms with Crippen LogP contribution in [0, 0.1) is 6.92 Å². The van der Waals surface area contributed by atoms with E-state index in [1.165, 1.54) is 12.3 Å². The van der Waals surface area contributed by atoms with Gasteiger partial charge in [0.25, 0.3) is 10.0 Å². The molecule has 0 amide bonds. The monoisotopic (exact) mass is 329 g/mol. The van der Waals surface area contributed by atoms with Gasteiger partial charge in [-0.15, -0.1) is 0 Å². The van der Waals surface area contributed by atoms with Crippen molar-refractivity contribution < 1.29 is 12.8 Å². The van der Waals surface area contributed by atoms with Gasteiger partial charge in [-0.2, -0.15) is 0 Å². The molecule has 2 N–H and O–H groups in total. The maximum absolute atomic E-state index is 12.4. The molecule has 0 saturated heterocycles. The van der Waals surface area contributed by atoms with Crippen molar-refractivity contribution in [3.8, 4) is 0 Å². The Balaban J connectivity index is 2.27. The van der Waals surface area contributed by atoms with Gasteiger partial charge in [-0.1, -0.05) is 18.5 Å². The molecular weight excluding hydrogens is 314 g/mol. The molecule has 2 rings (SSSR count). The molecule has 21 heavy (non-hydrogen) atoms. The second-order valence-electron chi connectivity index (χ2n) is 4.35. The quantitative estimate of drug-likeness (QED) is 0.850. The van der Waals surface area contributed by atoms with E-state index in [1.807, 2.05) is 6.92 Å². The predicted molar refractivity (Wildman–Crippen MR) is 80.9 cm³/mol. The van der Waals surface area contributed by atoms with E-state index in [4.69, 9.17) is 16.0 Å². The molecule has 2 heterocycles. The molecule has 0 spiro atoms. The molecule has 0 aromatic carbocycles. The zero-order chi connectivity index (χ0) is 15.5. The molecule has 0 aliphatic rings. The number of nitrogens with zero attached hydrogens (tertiary/aromatic N) is 1. The largest absolute Gasteiger partial charge is 0.464 e. The molecule has 0 bridgehead atoms. The molecule has 0 fully saturated rings. The molecule has 0 saturated carbocycles. The molecule has 0 aliphatic carbocycles.